The van der Waals surface area contributed by atoms with Crippen molar-refractivity contribution >= 4 is 27.4 Å². The Bertz CT molecular complexity index is 909. The van der Waals surface area contributed by atoms with Gasteiger partial charge in [-0.1, -0.05) is 18.2 Å². The molecule has 0 aromatic heterocycles. The molecule has 6 nitrogen and oxygen atoms in total. The Labute approximate surface area is 150 Å². The number of halogens is 1. The molecule has 0 spiro atoms. The molecule has 1 amide bonds. The molecule has 0 radical (unpaired) electrons. The maximum Gasteiger partial charge on any atom is 0.338 e. The van der Waals surface area contributed by atoms with Gasteiger partial charge in [0.05, 0.1) is 11.3 Å². The molecule has 1 N–H and O–H groups in total. The zero-order valence-corrected chi connectivity index (χ0v) is 15.0. The molecule has 26 heavy (non-hydrogen) atoms. The zero-order chi connectivity index (χ0) is 19.3. The van der Waals surface area contributed by atoms with Gasteiger partial charge >= 0.3 is 5.97 Å². The van der Waals surface area contributed by atoms with Gasteiger partial charge < -0.3 is 10.1 Å². The van der Waals surface area contributed by atoms with Crippen LogP contribution in [0.4, 0.5) is 10.1 Å². The number of rotatable bonds is 6. The van der Waals surface area contributed by atoms with E-state index in [9.17, 15) is 22.4 Å². The highest BCUT2D eigenvalue weighted by Crippen LogP contribution is 2.12. The van der Waals surface area contributed by atoms with Gasteiger partial charge in [-0.25, -0.2) is 17.6 Å². The van der Waals surface area contributed by atoms with E-state index in [2.05, 4.69) is 5.32 Å². The highest BCUT2D eigenvalue weighted by molar-refractivity contribution is 7.89. The van der Waals surface area contributed by atoms with Crippen LogP contribution in [0.15, 0.2) is 48.5 Å². The Morgan fingerprint density at radius 3 is 2.38 bits per heavy atom. The third-order valence-electron chi connectivity index (χ3n) is 3.36. The first-order valence-corrected chi connectivity index (χ1v) is 9.74. The molecular weight excluding hydrogens is 361 g/mol. The molecule has 0 fully saturated rings. The van der Waals surface area contributed by atoms with Crippen LogP contribution in [0.5, 0.6) is 0 Å². The van der Waals surface area contributed by atoms with Gasteiger partial charge in [0.25, 0.3) is 5.91 Å². The summed E-state index contributed by atoms with van der Waals surface area (Å²) >= 11 is 0. The monoisotopic (exact) mass is 379 g/mol. The largest absolute Gasteiger partial charge is 0.449 e. The highest BCUT2D eigenvalue weighted by Gasteiger charge is 2.19. The minimum atomic E-state index is -3.17. The van der Waals surface area contributed by atoms with Crippen LogP contribution in [0, 0.1) is 5.82 Å². The van der Waals surface area contributed by atoms with E-state index in [1.165, 1.54) is 49.4 Å². The first-order valence-electron chi connectivity index (χ1n) is 7.68. The van der Waals surface area contributed by atoms with Crippen molar-refractivity contribution in [3.63, 3.8) is 0 Å². The number of hydrogen-bond donors (Lipinski definition) is 1. The molecule has 8 heteroatoms. The molecule has 0 heterocycles. The fourth-order valence-corrected chi connectivity index (χ4v) is 2.93. The molecular formula is C18H18FNO5S. The molecule has 138 valence electrons. The molecule has 0 aliphatic rings. The number of benzene rings is 2. The fraction of sp³-hybridized carbons (Fsp3) is 0.222. The molecule has 0 saturated carbocycles. The van der Waals surface area contributed by atoms with Crippen LogP contribution in [-0.4, -0.2) is 32.7 Å². The standard InChI is InChI=1S/C18H18FNO5S/c1-12(17(21)20-16-5-3-4-15(19)10-16)25-18(22)14-8-6-13(7-9-14)11-26(2,23)24/h3-10,12H,11H2,1-2H3,(H,20,21)/t12-/m0/s1. The van der Waals surface area contributed by atoms with Crippen molar-refractivity contribution in [3.8, 4) is 0 Å². The molecule has 0 bridgehead atoms. The van der Waals surface area contributed by atoms with E-state index in [0.717, 1.165) is 12.3 Å². The van der Waals surface area contributed by atoms with Gasteiger partial charge in [-0.05, 0) is 42.8 Å². The third kappa shape index (κ3) is 5.96. The number of anilines is 1. The second-order valence-electron chi connectivity index (χ2n) is 5.81. The quantitative estimate of drug-likeness (QED) is 0.779. The van der Waals surface area contributed by atoms with E-state index in [4.69, 9.17) is 4.74 Å². The van der Waals surface area contributed by atoms with Crippen LogP contribution in [0.25, 0.3) is 0 Å². The van der Waals surface area contributed by atoms with E-state index in [-0.39, 0.29) is 17.0 Å². The first-order chi connectivity index (χ1) is 12.1. The summed E-state index contributed by atoms with van der Waals surface area (Å²) in [6, 6.07) is 11.2. The normalized spacial score (nSPS) is 12.3. The topological polar surface area (TPSA) is 89.5 Å². The predicted octanol–water partition coefficient (Wildman–Crippen LogP) is 2.55. The molecule has 0 aliphatic carbocycles. The van der Waals surface area contributed by atoms with Crippen molar-refractivity contribution in [2.45, 2.75) is 18.8 Å². The van der Waals surface area contributed by atoms with Gasteiger partial charge in [-0.15, -0.1) is 0 Å². The SMILES string of the molecule is C[C@H](OC(=O)c1ccc(CS(C)(=O)=O)cc1)C(=O)Nc1cccc(F)c1. The number of esters is 1. The van der Waals surface area contributed by atoms with Crippen molar-refractivity contribution in [1.82, 2.24) is 0 Å². The van der Waals surface area contributed by atoms with Crippen LogP contribution >= 0.6 is 0 Å². The maximum absolute atomic E-state index is 13.1. The van der Waals surface area contributed by atoms with E-state index in [1.54, 1.807) is 0 Å². The number of carbonyl (C=O) groups excluding carboxylic acids is 2. The lowest BCUT2D eigenvalue weighted by Gasteiger charge is -2.13. The predicted molar refractivity (Wildman–Crippen MR) is 94.9 cm³/mol. The van der Waals surface area contributed by atoms with E-state index in [0.29, 0.717) is 5.56 Å². The number of hydrogen-bond acceptors (Lipinski definition) is 5. The minimum absolute atomic E-state index is 0.130. The summed E-state index contributed by atoms with van der Waals surface area (Å²) in [6.07, 6.45) is 0.0233. The third-order valence-corrected chi connectivity index (χ3v) is 4.22. The van der Waals surface area contributed by atoms with Crippen LogP contribution in [0.2, 0.25) is 0 Å². The Balaban J connectivity index is 1.96. The fourth-order valence-electron chi connectivity index (χ4n) is 2.13. The summed E-state index contributed by atoms with van der Waals surface area (Å²) in [5.74, 6) is -1.95. The van der Waals surface area contributed by atoms with Crippen LogP contribution < -0.4 is 5.32 Å². The summed E-state index contributed by atoms with van der Waals surface area (Å²) in [5.41, 5.74) is 0.983. The maximum atomic E-state index is 13.1. The molecule has 0 saturated heterocycles. The average Bonchev–Trinajstić information content (AvgIpc) is 2.53. The Morgan fingerprint density at radius 2 is 1.81 bits per heavy atom. The number of carbonyl (C=O) groups is 2. The Morgan fingerprint density at radius 1 is 1.15 bits per heavy atom. The van der Waals surface area contributed by atoms with Gasteiger partial charge in [0, 0.05) is 11.9 Å². The Hall–Kier alpha value is -2.74. The lowest BCUT2D eigenvalue weighted by Crippen LogP contribution is -2.30. The highest BCUT2D eigenvalue weighted by atomic mass is 32.2. The molecule has 2 aromatic rings. The second-order valence-corrected chi connectivity index (χ2v) is 7.95. The van der Waals surface area contributed by atoms with Crippen molar-refractivity contribution < 1.29 is 27.1 Å². The number of ether oxygens (including phenoxy) is 1. The zero-order valence-electron chi connectivity index (χ0n) is 14.2. The molecule has 2 aromatic carbocycles. The van der Waals surface area contributed by atoms with Crippen LogP contribution in [-0.2, 0) is 25.1 Å². The molecule has 1 atom stereocenters. The summed E-state index contributed by atoms with van der Waals surface area (Å²) in [6.45, 7) is 1.39. The van der Waals surface area contributed by atoms with E-state index in [1.807, 2.05) is 0 Å². The second kappa shape index (κ2) is 8.09. The number of nitrogens with one attached hydrogen (secondary N) is 1. The van der Waals surface area contributed by atoms with E-state index < -0.39 is 33.6 Å². The molecule has 2 rings (SSSR count). The smallest absolute Gasteiger partial charge is 0.338 e. The lowest BCUT2D eigenvalue weighted by atomic mass is 10.1. The van der Waals surface area contributed by atoms with Crippen molar-refractivity contribution in [2.24, 2.45) is 0 Å². The lowest BCUT2D eigenvalue weighted by molar-refractivity contribution is -0.123. The van der Waals surface area contributed by atoms with Crippen molar-refractivity contribution in [3.05, 3.63) is 65.5 Å². The van der Waals surface area contributed by atoms with Gasteiger partial charge in [0.15, 0.2) is 15.9 Å². The summed E-state index contributed by atoms with van der Waals surface area (Å²) in [4.78, 5) is 24.1. The number of amides is 1. The van der Waals surface area contributed by atoms with Crippen molar-refractivity contribution in [1.29, 1.82) is 0 Å². The molecule has 0 unspecified atom stereocenters. The first kappa shape index (κ1) is 19.6. The van der Waals surface area contributed by atoms with Gasteiger partial charge in [0.1, 0.15) is 5.82 Å². The van der Waals surface area contributed by atoms with Crippen molar-refractivity contribution in [2.75, 3.05) is 11.6 Å². The summed E-state index contributed by atoms with van der Waals surface area (Å²) in [7, 11) is -3.17. The Kier molecular flexibility index (Phi) is 6.10. The van der Waals surface area contributed by atoms with E-state index >= 15 is 0 Å². The average molecular weight is 379 g/mol. The summed E-state index contributed by atoms with van der Waals surface area (Å²) < 4.78 is 40.7. The van der Waals surface area contributed by atoms with Gasteiger partial charge in [-0.2, -0.15) is 0 Å². The van der Waals surface area contributed by atoms with Gasteiger partial charge in [0.2, 0.25) is 0 Å². The minimum Gasteiger partial charge on any atom is -0.449 e. The van der Waals surface area contributed by atoms with Gasteiger partial charge in [-0.3, -0.25) is 4.79 Å². The van der Waals surface area contributed by atoms with Crippen LogP contribution in [0.3, 0.4) is 0 Å². The summed E-state index contributed by atoms with van der Waals surface area (Å²) in [5, 5.41) is 2.45. The number of sulfone groups is 1. The molecule has 0 aliphatic heterocycles. The van der Waals surface area contributed by atoms with Crippen LogP contribution in [0.1, 0.15) is 22.8 Å².